The van der Waals surface area contributed by atoms with Crippen LogP contribution in [-0.4, -0.2) is 26.7 Å². The predicted octanol–water partition coefficient (Wildman–Crippen LogP) is 3.83. The SMILES string of the molecule is CC(C)(C)N(Nc1cc(C2CC2)c(Br)cn1)C(=O)O. The molecule has 1 fully saturated rings. The summed E-state index contributed by atoms with van der Waals surface area (Å²) in [6.45, 7) is 5.48. The van der Waals surface area contributed by atoms with Gasteiger partial charge in [0.25, 0.3) is 0 Å². The Morgan fingerprint density at radius 2 is 2.16 bits per heavy atom. The highest BCUT2D eigenvalue weighted by atomic mass is 79.9. The molecular formula is C13H18BrN3O2. The molecule has 2 N–H and O–H groups in total. The quantitative estimate of drug-likeness (QED) is 0.828. The number of anilines is 1. The normalized spacial score (nSPS) is 15.2. The molecule has 0 aromatic carbocycles. The van der Waals surface area contributed by atoms with E-state index in [0.717, 1.165) is 4.47 Å². The fourth-order valence-corrected chi connectivity index (χ4v) is 2.38. The van der Waals surface area contributed by atoms with Gasteiger partial charge in [-0.3, -0.25) is 5.43 Å². The monoisotopic (exact) mass is 327 g/mol. The van der Waals surface area contributed by atoms with E-state index in [4.69, 9.17) is 0 Å². The Kier molecular flexibility index (Phi) is 3.71. The fraction of sp³-hybridized carbons (Fsp3) is 0.538. The van der Waals surface area contributed by atoms with Crippen molar-refractivity contribution in [3.63, 3.8) is 0 Å². The molecular weight excluding hydrogens is 310 g/mol. The highest BCUT2D eigenvalue weighted by molar-refractivity contribution is 9.10. The standard InChI is InChI=1S/C13H18BrN3O2/c1-13(2,3)17(12(18)19)16-11-6-9(8-4-5-8)10(14)7-15-11/h6-8H,4-5H2,1-3H3,(H,15,16)(H,18,19). The second-order valence-electron chi connectivity index (χ2n) is 5.77. The van der Waals surface area contributed by atoms with E-state index in [1.54, 1.807) is 6.20 Å². The number of rotatable bonds is 3. The molecule has 0 aliphatic heterocycles. The number of hydrogen-bond acceptors (Lipinski definition) is 3. The van der Waals surface area contributed by atoms with Gasteiger partial charge < -0.3 is 5.11 Å². The highest BCUT2D eigenvalue weighted by Gasteiger charge is 2.29. The molecule has 0 spiro atoms. The maximum Gasteiger partial charge on any atom is 0.426 e. The number of amides is 1. The summed E-state index contributed by atoms with van der Waals surface area (Å²) in [7, 11) is 0. The first-order chi connectivity index (χ1) is 8.79. The first kappa shape index (κ1) is 14.1. The largest absolute Gasteiger partial charge is 0.464 e. The van der Waals surface area contributed by atoms with Crippen molar-refractivity contribution in [2.75, 3.05) is 5.43 Å². The number of nitrogens with one attached hydrogen (secondary N) is 1. The first-order valence-electron chi connectivity index (χ1n) is 6.24. The molecule has 0 bridgehead atoms. The van der Waals surface area contributed by atoms with Gasteiger partial charge in [-0.15, -0.1) is 0 Å². The van der Waals surface area contributed by atoms with Gasteiger partial charge in [0, 0.05) is 10.7 Å². The van der Waals surface area contributed by atoms with Crippen molar-refractivity contribution in [3.05, 3.63) is 22.3 Å². The summed E-state index contributed by atoms with van der Waals surface area (Å²) >= 11 is 3.49. The zero-order chi connectivity index (χ0) is 14.2. The summed E-state index contributed by atoms with van der Waals surface area (Å²) in [6.07, 6.45) is 3.07. The maximum atomic E-state index is 11.3. The minimum absolute atomic E-state index is 0.541. The molecule has 1 aliphatic carbocycles. The number of hydrazine groups is 1. The van der Waals surface area contributed by atoms with E-state index >= 15 is 0 Å². The van der Waals surface area contributed by atoms with Crippen molar-refractivity contribution >= 4 is 27.8 Å². The Labute approximate surface area is 121 Å². The van der Waals surface area contributed by atoms with Crippen LogP contribution in [0, 0.1) is 0 Å². The molecule has 0 atom stereocenters. The van der Waals surface area contributed by atoms with Crippen LogP contribution in [-0.2, 0) is 0 Å². The molecule has 0 saturated heterocycles. The van der Waals surface area contributed by atoms with Gasteiger partial charge in [-0.05, 0) is 67.1 Å². The van der Waals surface area contributed by atoms with Crippen molar-refractivity contribution in [1.29, 1.82) is 0 Å². The van der Waals surface area contributed by atoms with Crippen molar-refractivity contribution in [2.24, 2.45) is 0 Å². The molecule has 1 aromatic rings. The van der Waals surface area contributed by atoms with Crippen LogP contribution in [0.25, 0.3) is 0 Å². The third kappa shape index (κ3) is 3.37. The summed E-state index contributed by atoms with van der Waals surface area (Å²) in [5, 5.41) is 10.4. The number of carbonyl (C=O) groups is 1. The van der Waals surface area contributed by atoms with Crippen LogP contribution in [0.1, 0.15) is 45.1 Å². The van der Waals surface area contributed by atoms with Crippen molar-refractivity contribution in [1.82, 2.24) is 9.99 Å². The molecule has 5 nitrogen and oxygen atoms in total. The van der Waals surface area contributed by atoms with Crippen LogP contribution in [0.5, 0.6) is 0 Å². The van der Waals surface area contributed by atoms with Crippen LogP contribution in [0.4, 0.5) is 10.6 Å². The smallest absolute Gasteiger partial charge is 0.426 e. The zero-order valence-electron chi connectivity index (χ0n) is 11.3. The number of aromatic nitrogens is 1. The molecule has 0 unspecified atom stereocenters. The minimum atomic E-state index is -1.02. The Bertz CT molecular complexity index is 495. The average molecular weight is 328 g/mol. The lowest BCUT2D eigenvalue weighted by Crippen LogP contribution is -2.48. The summed E-state index contributed by atoms with van der Waals surface area (Å²) in [6, 6.07) is 1.92. The van der Waals surface area contributed by atoms with Crippen LogP contribution in [0.3, 0.4) is 0 Å². The van der Waals surface area contributed by atoms with E-state index in [-0.39, 0.29) is 0 Å². The number of nitrogens with zero attached hydrogens (tertiary/aromatic N) is 2. The topological polar surface area (TPSA) is 65.5 Å². The van der Waals surface area contributed by atoms with Crippen LogP contribution in [0.2, 0.25) is 0 Å². The molecule has 19 heavy (non-hydrogen) atoms. The summed E-state index contributed by atoms with van der Waals surface area (Å²) in [4.78, 5) is 15.5. The van der Waals surface area contributed by atoms with E-state index in [2.05, 4.69) is 26.3 Å². The molecule has 0 radical (unpaired) electrons. The Hall–Kier alpha value is -1.30. The van der Waals surface area contributed by atoms with E-state index in [1.807, 2.05) is 26.8 Å². The summed E-state index contributed by atoms with van der Waals surface area (Å²) in [5.41, 5.74) is 3.52. The van der Waals surface area contributed by atoms with Gasteiger partial charge in [0.1, 0.15) is 5.82 Å². The number of carboxylic acid groups (broad SMARTS) is 1. The molecule has 1 amide bonds. The Morgan fingerprint density at radius 3 is 2.63 bits per heavy atom. The summed E-state index contributed by atoms with van der Waals surface area (Å²) < 4.78 is 0.984. The molecule has 2 rings (SSSR count). The molecule has 1 saturated carbocycles. The second-order valence-corrected chi connectivity index (χ2v) is 6.62. The molecule has 1 aromatic heterocycles. The third-order valence-corrected chi connectivity index (χ3v) is 3.65. The molecule has 6 heteroatoms. The van der Waals surface area contributed by atoms with Gasteiger partial charge in [0.2, 0.25) is 0 Å². The molecule has 104 valence electrons. The van der Waals surface area contributed by atoms with Crippen LogP contribution < -0.4 is 5.43 Å². The number of pyridine rings is 1. The highest BCUT2D eigenvalue weighted by Crippen LogP contribution is 2.43. The van der Waals surface area contributed by atoms with Crippen LogP contribution in [0.15, 0.2) is 16.7 Å². The zero-order valence-corrected chi connectivity index (χ0v) is 12.9. The minimum Gasteiger partial charge on any atom is -0.464 e. The van der Waals surface area contributed by atoms with Gasteiger partial charge in [0.05, 0.1) is 5.54 Å². The van der Waals surface area contributed by atoms with Crippen LogP contribution >= 0.6 is 15.9 Å². The summed E-state index contributed by atoms with van der Waals surface area (Å²) in [5.74, 6) is 1.13. The van der Waals surface area contributed by atoms with Crippen molar-refractivity contribution in [2.45, 2.75) is 45.1 Å². The number of hydrogen-bond donors (Lipinski definition) is 2. The number of halogens is 1. The average Bonchev–Trinajstić information content (AvgIpc) is 3.09. The van der Waals surface area contributed by atoms with E-state index in [0.29, 0.717) is 11.7 Å². The molecule has 1 aliphatic rings. The van der Waals surface area contributed by atoms with Gasteiger partial charge in [-0.1, -0.05) is 0 Å². The lowest BCUT2D eigenvalue weighted by atomic mass is 10.1. The molecule has 1 heterocycles. The van der Waals surface area contributed by atoms with Crippen molar-refractivity contribution < 1.29 is 9.90 Å². The van der Waals surface area contributed by atoms with E-state index in [1.165, 1.54) is 23.4 Å². The third-order valence-electron chi connectivity index (χ3n) is 2.99. The van der Waals surface area contributed by atoms with E-state index in [9.17, 15) is 9.90 Å². The maximum absolute atomic E-state index is 11.3. The van der Waals surface area contributed by atoms with Gasteiger partial charge in [-0.2, -0.15) is 0 Å². The van der Waals surface area contributed by atoms with Gasteiger partial charge in [0.15, 0.2) is 0 Å². The van der Waals surface area contributed by atoms with Gasteiger partial charge >= 0.3 is 6.09 Å². The first-order valence-corrected chi connectivity index (χ1v) is 7.03. The predicted molar refractivity (Wildman–Crippen MR) is 77.2 cm³/mol. The van der Waals surface area contributed by atoms with E-state index < -0.39 is 11.6 Å². The van der Waals surface area contributed by atoms with Gasteiger partial charge in [-0.25, -0.2) is 14.8 Å². The Balaban J connectivity index is 2.22. The van der Waals surface area contributed by atoms with Crippen molar-refractivity contribution in [3.8, 4) is 0 Å². The lowest BCUT2D eigenvalue weighted by Gasteiger charge is -2.33. The second kappa shape index (κ2) is 5.00. The Morgan fingerprint density at radius 1 is 1.53 bits per heavy atom. The fourth-order valence-electron chi connectivity index (χ4n) is 1.84. The lowest BCUT2D eigenvalue weighted by molar-refractivity contribution is 0.116.